The Morgan fingerprint density at radius 3 is 2.76 bits per heavy atom. The molecule has 1 aromatic heterocycles. The highest BCUT2D eigenvalue weighted by Crippen LogP contribution is 2.02. The highest BCUT2D eigenvalue weighted by Gasteiger charge is 2.07. The van der Waals surface area contributed by atoms with Gasteiger partial charge in [-0.15, -0.1) is 0 Å². The monoisotopic (exact) mass is 258 g/mol. The van der Waals surface area contributed by atoms with E-state index < -0.39 is 15.9 Å². The zero-order valence-electron chi connectivity index (χ0n) is 9.09. The van der Waals surface area contributed by atoms with E-state index in [9.17, 15) is 13.2 Å². The van der Waals surface area contributed by atoms with Crippen LogP contribution in [0.15, 0.2) is 18.3 Å². The van der Waals surface area contributed by atoms with Crippen LogP contribution >= 0.6 is 0 Å². The predicted octanol–water partition coefficient (Wildman–Crippen LogP) is -0.928. The van der Waals surface area contributed by atoms with Crippen molar-refractivity contribution in [3.05, 3.63) is 24.0 Å². The molecule has 1 heterocycles. The summed E-state index contributed by atoms with van der Waals surface area (Å²) in [5.74, 6) is -0.566. The average molecular weight is 258 g/mol. The van der Waals surface area contributed by atoms with Gasteiger partial charge in [-0.1, -0.05) is 0 Å². The minimum Gasteiger partial charge on any atom is -0.399 e. The van der Waals surface area contributed by atoms with Crippen LogP contribution in [0.2, 0.25) is 0 Å². The minimum absolute atomic E-state index is 0.169. The Bertz CT molecular complexity index is 501. The third-order valence-corrected chi connectivity index (χ3v) is 2.77. The van der Waals surface area contributed by atoms with E-state index in [1.54, 1.807) is 6.07 Å². The zero-order valence-corrected chi connectivity index (χ0v) is 9.90. The highest BCUT2D eigenvalue weighted by molar-refractivity contribution is 7.89. The number of nitrogens with zero attached hydrogens (tertiary/aromatic N) is 1. The van der Waals surface area contributed by atoms with Gasteiger partial charge >= 0.3 is 0 Å². The normalized spacial score (nSPS) is 11.1. The van der Waals surface area contributed by atoms with Gasteiger partial charge in [0, 0.05) is 18.4 Å². The summed E-state index contributed by atoms with van der Waals surface area (Å²) >= 11 is 0. The molecule has 0 spiro atoms. The number of hydrogen-bond donors (Lipinski definition) is 3. The number of anilines is 1. The van der Waals surface area contributed by atoms with Gasteiger partial charge in [-0.2, -0.15) is 0 Å². The number of hydrogen-bond acceptors (Lipinski definition) is 5. The van der Waals surface area contributed by atoms with Crippen molar-refractivity contribution >= 4 is 21.6 Å². The SMILES string of the molecule is Nc1ccnc(C(=O)NCCCS(N)(=O)=O)c1. The molecule has 0 aromatic carbocycles. The van der Waals surface area contributed by atoms with Gasteiger partial charge in [-0.25, -0.2) is 13.6 Å². The fourth-order valence-electron chi connectivity index (χ4n) is 1.14. The van der Waals surface area contributed by atoms with Crippen LogP contribution in [-0.2, 0) is 10.0 Å². The number of amides is 1. The minimum atomic E-state index is -3.48. The molecule has 0 radical (unpaired) electrons. The molecule has 0 aliphatic heterocycles. The molecule has 94 valence electrons. The van der Waals surface area contributed by atoms with E-state index >= 15 is 0 Å². The maximum Gasteiger partial charge on any atom is 0.269 e. The smallest absolute Gasteiger partial charge is 0.269 e. The number of aromatic nitrogens is 1. The van der Waals surface area contributed by atoms with Crippen LogP contribution in [0.3, 0.4) is 0 Å². The quantitative estimate of drug-likeness (QED) is 0.588. The standard InChI is InChI=1S/C9H14N4O3S/c10-7-2-4-12-8(6-7)9(14)13-3-1-5-17(11,15)16/h2,4,6H,1,3,5H2,(H2,10,12)(H,13,14)(H2,11,15,16). The Kier molecular flexibility index (Phi) is 4.41. The third kappa shape index (κ3) is 5.27. The van der Waals surface area contributed by atoms with Crippen molar-refractivity contribution in [1.29, 1.82) is 0 Å². The summed E-state index contributed by atoms with van der Waals surface area (Å²) in [4.78, 5) is 15.3. The van der Waals surface area contributed by atoms with Gasteiger partial charge in [0.1, 0.15) is 5.69 Å². The zero-order chi connectivity index (χ0) is 12.9. The molecule has 0 aliphatic carbocycles. The molecule has 1 rings (SSSR count). The molecule has 1 amide bonds. The first-order chi connectivity index (χ1) is 7.88. The van der Waals surface area contributed by atoms with Crippen molar-refractivity contribution in [3.8, 4) is 0 Å². The average Bonchev–Trinajstić information content (AvgIpc) is 2.23. The fraction of sp³-hybridized carbons (Fsp3) is 0.333. The van der Waals surface area contributed by atoms with E-state index in [-0.39, 0.29) is 24.4 Å². The van der Waals surface area contributed by atoms with E-state index in [1.807, 2.05) is 0 Å². The molecule has 0 bridgehead atoms. The van der Waals surface area contributed by atoms with Crippen LogP contribution in [0.25, 0.3) is 0 Å². The molecule has 8 heteroatoms. The Balaban J connectivity index is 2.41. The molecular weight excluding hydrogens is 244 g/mol. The van der Waals surface area contributed by atoms with Crippen molar-refractivity contribution in [1.82, 2.24) is 10.3 Å². The number of primary sulfonamides is 1. The molecule has 0 unspecified atom stereocenters. The number of nitrogen functional groups attached to an aromatic ring is 1. The first kappa shape index (κ1) is 13.4. The van der Waals surface area contributed by atoms with Crippen molar-refractivity contribution < 1.29 is 13.2 Å². The maximum atomic E-state index is 11.5. The van der Waals surface area contributed by atoms with E-state index in [0.717, 1.165) is 0 Å². The topological polar surface area (TPSA) is 128 Å². The maximum absolute atomic E-state index is 11.5. The van der Waals surface area contributed by atoms with E-state index in [0.29, 0.717) is 5.69 Å². The number of pyridine rings is 1. The third-order valence-electron chi connectivity index (χ3n) is 1.91. The fourth-order valence-corrected chi connectivity index (χ4v) is 1.68. The second-order valence-electron chi connectivity index (χ2n) is 3.45. The Labute approximate surface area is 99.3 Å². The number of carbonyl (C=O) groups excluding carboxylic acids is 1. The first-order valence-electron chi connectivity index (χ1n) is 4.89. The van der Waals surface area contributed by atoms with Gasteiger partial charge in [0.25, 0.3) is 5.91 Å². The number of nitrogens with two attached hydrogens (primary N) is 2. The molecule has 0 atom stereocenters. The summed E-state index contributed by atoms with van der Waals surface area (Å²) in [6, 6.07) is 3.01. The summed E-state index contributed by atoms with van der Waals surface area (Å²) in [5.41, 5.74) is 6.13. The van der Waals surface area contributed by atoms with E-state index in [2.05, 4.69) is 10.3 Å². The van der Waals surface area contributed by atoms with Gasteiger partial charge in [-0.3, -0.25) is 9.78 Å². The van der Waals surface area contributed by atoms with E-state index in [4.69, 9.17) is 10.9 Å². The largest absolute Gasteiger partial charge is 0.399 e. The first-order valence-corrected chi connectivity index (χ1v) is 6.60. The van der Waals surface area contributed by atoms with Crippen molar-refractivity contribution in [2.45, 2.75) is 6.42 Å². The van der Waals surface area contributed by atoms with Crippen LogP contribution < -0.4 is 16.2 Å². The summed E-state index contributed by atoms with van der Waals surface area (Å²) in [7, 11) is -3.48. The Morgan fingerprint density at radius 1 is 1.47 bits per heavy atom. The van der Waals surface area contributed by atoms with E-state index in [1.165, 1.54) is 12.3 Å². The number of carbonyl (C=O) groups is 1. The van der Waals surface area contributed by atoms with Crippen molar-refractivity contribution in [3.63, 3.8) is 0 Å². The Hall–Kier alpha value is -1.67. The molecule has 1 aromatic rings. The van der Waals surface area contributed by atoms with Crippen LogP contribution in [0.5, 0.6) is 0 Å². The van der Waals surface area contributed by atoms with Gasteiger partial charge in [0.2, 0.25) is 10.0 Å². The van der Waals surface area contributed by atoms with Crippen LogP contribution in [-0.4, -0.2) is 31.6 Å². The molecule has 5 N–H and O–H groups in total. The van der Waals surface area contributed by atoms with Gasteiger partial charge in [-0.05, 0) is 18.6 Å². The molecule has 0 fully saturated rings. The van der Waals surface area contributed by atoms with Crippen molar-refractivity contribution in [2.24, 2.45) is 5.14 Å². The molecule has 0 aliphatic rings. The Morgan fingerprint density at radius 2 is 2.18 bits per heavy atom. The summed E-state index contributed by atoms with van der Waals surface area (Å²) in [6.45, 7) is 0.214. The molecule has 0 saturated heterocycles. The lowest BCUT2D eigenvalue weighted by atomic mass is 10.3. The van der Waals surface area contributed by atoms with Gasteiger partial charge in [0.05, 0.1) is 5.75 Å². The summed E-state index contributed by atoms with van der Waals surface area (Å²) in [5, 5.41) is 7.34. The lowest BCUT2D eigenvalue weighted by molar-refractivity contribution is 0.0949. The summed E-state index contributed by atoms with van der Waals surface area (Å²) < 4.78 is 21.3. The lowest BCUT2D eigenvalue weighted by Gasteiger charge is -2.04. The number of sulfonamides is 1. The number of rotatable bonds is 5. The van der Waals surface area contributed by atoms with Crippen LogP contribution in [0, 0.1) is 0 Å². The lowest BCUT2D eigenvalue weighted by Crippen LogP contribution is -2.28. The molecular formula is C9H14N4O3S. The molecule has 0 saturated carbocycles. The molecule has 7 nitrogen and oxygen atoms in total. The predicted molar refractivity (Wildman–Crippen MR) is 63.6 cm³/mol. The van der Waals surface area contributed by atoms with Gasteiger partial charge in [0.15, 0.2) is 0 Å². The second kappa shape index (κ2) is 5.60. The van der Waals surface area contributed by atoms with Crippen molar-refractivity contribution in [2.75, 3.05) is 18.0 Å². The number of nitrogens with one attached hydrogen (secondary N) is 1. The highest BCUT2D eigenvalue weighted by atomic mass is 32.2. The van der Waals surface area contributed by atoms with Gasteiger partial charge < -0.3 is 11.1 Å². The molecule has 17 heavy (non-hydrogen) atoms. The van der Waals surface area contributed by atoms with Crippen LogP contribution in [0.4, 0.5) is 5.69 Å². The second-order valence-corrected chi connectivity index (χ2v) is 5.18. The summed E-state index contributed by atoms with van der Waals surface area (Å²) in [6.07, 6.45) is 1.68. The van der Waals surface area contributed by atoms with Crippen LogP contribution in [0.1, 0.15) is 16.9 Å².